The summed E-state index contributed by atoms with van der Waals surface area (Å²) in [5.74, 6) is 1.76. The molecule has 3 rings (SSSR count). The molecule has 2 aromatic heterocycles. The molecule has 6 nitrogen and oxygen atoms in total. The maximum absolute atomic E-state index is 9.02. The van der Waals surface area contributed by atoms with Crippen molar-refractivity contribution >= 4 is 11.0 Å². The number of pyridine rings is 1. The molecule has 6 heteroatoms. The molecule has 0 aliphatic carbocycles. The molecule has 0 amide bonds. The zero-order valence-electron chi connectivity index (χ0n) is 16.3. The summed E-state index contributed by atoms with van der Waals surface area (Å²) in [6, 6.07) is 5.91. The highest BCUT2D eigenvalue weighted by Gasteiger charge is 2.15. The number of nitriles is 1. The Morgan fingerprint density at radius 1 is 1.35 bits per heavy atom. The standard InChI is InChI=1S/C15H17N3O.C5H12O.H2O/c16-10-14-13-9-12(19-15(13)5-8-18-14)2-1-11-3-6-17-7-4-11;1-5(2,3)6-4;/h5,8-9,11,17H,1-4,6-7H2;1-4H3;1H2. The molecule has 3 N–H and O–H groups in total. The number of nitrogens with zero attached hydrogens (tertiary/aromatic N) is 2. The maximum atomic E-state index is 9.02. The molecule has 0 spiro atoms. The van der Waals surface area contributed by atoms with Crippen LogP contribution in [-0.4, -0.2) is 36.3 Å². The molecule has 0 unspecified atom stereocenters. The number of rotatable bonds is 3. The van der Waals surface area contributed by atoms with Crippen molar-refractivity contribution in [3.63, 3.8) is 0 Å². The van der Waals surface area contributed by atoms with Gasteiger partial charge in [-0.3, -0.25) is 0 Å². The van der Waals surface area contributed by atoms with Gasteiger partial charge in [0.2, 0.25) is 0 Å². The molecule has 26 heavy (non-hydrogen) atoms. The minimum absolute atomic E-state index is 0. The molecule has 1 fully saturated rings. The average molecular weight is 361 g/mol. The topological polar surface area (TPSA) is 103 Å². The number of aromatic nitrogens is 1. The highest BCUT2D eigenvalue weighted by molar-refractivity contribution is 5.82. The number of piperidine rings is 1. The Morgan fingerprint density at radius 2 is 2.00 bits per heavy atom. The van der Waals surface area contributed by atoms with Crippen molar-refractivity contribution < 1.29 is 14.6 Å². The van der Waals surface area contributed by atoms with Crippen molar-refractivity contribution in [3.05, 3.63) is 29.8 Å². The molecule has 0 bridgehead atoms. The predicted octanol–water partition coefficient (Wildman–Crippen LogP) is 3.24. The molecule has 0 aromatic carbocycles. The Morgan fingerprint density at radius 3 is 2.58 bits per heavy atom. The van der Waals surface area contributed by atoms with E-state index >= 15 is 0 Å². The average Bonchev–Trinajstić information content (AvgIpc) is 3.04. The molecule has 0 radical (unpaired) electrons. The summed E-state index contributed by atoms with van der Waals surface area (Å²) in [4.78, 5) is 4.06. The van der Waals surface area contributed by atoms with Crippen LogP contribution >= 0.6 is 0 Å². The number of fused-ring (bicyclic) bond motifs is 1. The van der Waals surface area contributed by atoms with E-state index in [9.17, 15) is 0 Å². The fourth-order valence-electron chi connectivity index (χ4n) is 2.74. The second-order valence-electron chi connectivity index (χ2n) is 7.44. The molecule has 144 valence electrons. The highest BCUT2D eigenvalue weighted by Crippen LogP contribution is 2.24. The van der Waals surface area contributed by atoms with Crippen LogP contribution in [0.3, 0.4) is 0 Å². The van der Waals surface area contributed by atoms with E-state index in [4.69, 9.17) is 14.4 Å². The summed E-state index contributed by atoms with van der Waals surface area (Å²) >= 11 is 0. The van der Waals surface area contributed by atoms with Crippen LogP contribution in [0.2, 0.25) is 0 Å². The fourth-order valence-corrected chi connectivity index (χ4v) is 2.74. The van der Waals surface area contributed by atoms with Gasteiger partial charge in [-0.05, 0) is 71.2 Å². The van der Waals surface area contributed by atoms with Crippen molar-refractivity contribution in [2.45, 2.75) is 52.1 Å². The Kier molecular flexibility index (Phi) is 8.73. The summed E-state index contributed by atoms with van der Waals surface area (Å²) in [5, 5.41) is 13.2. The van der Waals surface area contributed by atoms with Gasteiger partial charge in [-0.1, -0.05) is 0 Å². The number of aryl methyl sites for hydroxylation is 1. The van der Waals surface area contributed by atoms with E-state index in [0.717, 1.165) is 48.6 Å². The van der Waals surface area contributed by atoms with E-state index in [2.05, 4.69) is 16.4 Å². The first-order valence-corrected chi connectivity index (χ1v) is 8.96. The molecular formula is C20H31N3O3. The van der Waals surface area contributed by atoms with Crippen molar-refractivity contribution in [2.75, 3.05) is 20.2 Å². The van der Waals surface area contributed by atoms with E-state index in [-0.39, 0.29) is 11.1 Å². The first kappa shape index (κ1) is 22.1. The maximum Gasteiger partial charge on any atom is 0.151 e. The minimum Gasteiger partial charge on any atom is -0.461 e. The van der Waals surface area contributed by atoms with E-state index in [0.29, 0.717) is 5.69 Å². The lowest BCUT2D eigenvalue weighted by Crippen LogP contribution is -2.27. The van der Waals surface area contributed by atoms with Crippen molar-refractivity contribution in [3.8, 4) is 6.07 Å². The predicted molar refractivity (Wildman–Crippen MR) is 103 cm³/mol. The van der Waals surface area contributed by atoms with E-state index in [1.807, 2.05) is 32.9 Å². The molecule has 1 aliphatic rings. The van der Waals surface area contributed by atoms with E-state index < -0.39 is 0 Å². The summed E-state index contributed by atoms with van der Waals surface area (Å²) in [7, 11) is 1.71. The SMILES string of the molecule is COC(C)(C)C.N#Cc1nccc2oc(CCC3CCNCC3)cc12.O. The number of furan rings is 1. The number of hydrogen-bond acceptors (Lipinski definition) is 5. The normalized spacial score (nSPS) is 14.9. The smallest absolute Gasteiger partial charge is 0.151 e. The molecule has 1 saturated heterocycles. The van der Waals surface area contributed by atoms with E-state index in [1.165, 1.54) is 12.8 Å². The lowest BCUT2D eigenvalue weighted by molar-refractivity contribution is 0.0397. The van der Waals surface area contributed by atoms with Crippen LogP contribution in [0.15, 0.2) is 22.7 Å². The second-order valence-corrected chi connectivity index (χ2v) is 7.44. The van der Waals surface area contributed by atoms with Crippen LogP contribution in [0, 0.1) is 17.2 Å². The number of hydrogen-bond donors (Lipinski definition) is 1. The molecule has 0 atom stereocenters. The van der Waals surface area contributed by atoms with Crippen LogP contribution in [0.25, 0.3) is 11.0 Å². The third-order valence-corrected chi connectivity index (χ3v) is 4.47. The van der Waals surface area contributed by atoms with Gasteiger partial charge < -0.3 is 19.9 Å². The van der Waals surface area contributed by atoms with Crippen molar-refractivity contribution in [1.82, 2.24) is 10.3 Å². The van der Waals surface area contributed by atoms with Crippen LogP contribution in [0.5, 0.6) is 0 Å². The quantitative estimate of drug-likeness (QED) is 0.904. The largest absolute Gasteiger partial charge is 0.461 e. The van der Waals surface area contributed by atoms with Crippen molar-refractivity contribution in [1.29, 1.82) is 5.26 Å². The first-order chi connectivity index (χ1) is 11.9. The third kappa shape index (κ3) is 6.75. The van der Waals surface area contributed by atoms with Gasteiger partial charge in [-0.2, -0.15) is 5.26 Å². The van der Waals surface area contributed by atoms with Gasteiger partial charge in [0, 0.05) is 19.7 Å². The zero-order valence-corrected chi connectivity index (χ0v) is 16.3. The van der Waals surface area contributed by atoms with Crippen LogP contribution in [0.1, 0.15) is 51.5 Å². The minimum atomic E-state index is 0. The first-order valence-electron chi connectivity index (χ1n) is 8.96. The Balaban J connectivity index is 0.000000422. The number of nitrogens with one attached hydrogen (secondary N) is 1. The van der Waals surface area contributed by atoms with Crippen LogP contribution in [-0.2, 0) is 11.2 Å². The van der Waals surface area contributed by atoms with E-state index in [1.54, 1.807) is 13.3 Å². The van der Waals surface area contributed by atoms with Gasteiger partial charge in [-0.25, -0.2) is 4.98 Å². The van der Waals surface area contributed by atoms with Gasteiger partial charge in [0.05, 0.1) is 11.0 Å². The van der Waals surface area contributed by atoms with Gasteiger partial charge in [0.15, 0.2) is 5.69 Å². The van der Waals surface area contributed by atoms with Gasteiger partial charge in [0.1, 0.15) is 17.4 Å². The van der Waals surface area contributed by atoms with Gasteiger partial charge >= 0.3 is 0 Å². The number of ether oxygens (including phenoxy) is 1. The number of methoxy groups -OCH3 is 1. The molecule has 1 aliphatic heterocycles. The Hall–Kier alpha value is -1.94. The zero-order chi connectivity index (χ0) is 18.3. The summed E-state index contributed by atoms with van der Waals surface area (Å²) < 4.78 is 10.7. The van der Waals surface area contributed by atoms with Crippen LogP contribution < -0.4 is 5.32 Å². The third-order valence-electron chi connectivity index (χ3n) is 4.47. The lowest BCUT2D eigenvalue weighted by Gasteiger charge is -2.21. The lowest BCUT2D eigenvalue weighted by atomic mass is 9.93. The summed E-state index contributed by atoms with van der Waals surface area (Å²) in [5.41, 5.74) is 1.27. The van der Waals surface area contributed by atoms with Gasteiger partial charge in [-0.15, -0.1) is 0 Å². The summed E-state index contributed by atoms with van der Waals surface area (Å²) in [6.07, 6.45) is 6.25. The molecule has 2 aromatic rings. The Bertz CT molecular complexity index is 707. The van der Waals surface area contributed by atoms with Gasteiger partial charge in [0.25, 0.3) is 0 Å². The monoisotopic (exact) mass is 361 g/mol. The second kappa shape index (κ2) is 10.3. The molecular weight excluding hydrogens is 330 g/mol. The Labute approximate surface area is 155 Å². The molecule has 3 heterocycles. The summed E-state index contributed by atoms with van der Waals surface area (Å²) in [6.45, 7) is 8.33. The molecule has 0 saturated carbocycles. The van der Waals surface area contributed by atoms with Crippen LogP contribution in [0.4, 0.5) is 0 Å². The fraction of sp³-hybridized carbons (Fsp3) is 0.600. The highest BCUT2D eigenvalue weighted by atomic mass is 16.5. The van der Waals surface area contributed by atoms with Crippen molar-refractivity contribution in [2.24, 2.45) is 5.92 Å².